The van der Waals surface area contributed by atoms with Gasteiger partial charge in [0.2, 0.25) is 5.91 Å². The van der Waals surface area contributed by atoms with E-state index in [-0.39, 0.29) is 24.4 Å². The number of benzene rings is 1. The van der Waals surface area contributed by atoms with Gasteiger partial charge in [0.1, 0.15) is 15.7 Å². The van der Waals surface area contributed by atoms with Crippen molar-refractivity contribution in [1.82, 2.24) is 9.21 Å². The van der Waals surface area contributed by atoms with Crippen molar-refractivity contribution in [2.75, 3.05) is 33.9 Å². The lowest BCUT2D eigenvalue weighted by Crippen LogP contribution is -2.46. The molecule has 4 rings (SSSR count). The van der Waals surface area contributed by atoms with Crippen LogP contribution < -0.4 is 9.47 Å². The number of sulfonamides is 1. The third-order valence-corrected chi connectivity index (χ3v) is 9.39. The fraction of sp³-hybridized carbons (Fsp3) is 0.500. The highest BCUT2D eigenvalue weighted by atomic mass is 32.2. The second kappa shape index (κ2) is 9.18. The maximum absolute atomic E-state index is 13.5. The van der Waals surface area contributed by atoms with E-state index in [1.807, 2.05) is 23.1 Å². The van der Waals surface area contributed by atoms with Crippen LogP contribution in [0.2, 0.25) is 0 Å². The topological polar surface area (TPSA) is 76.2 Å². The Morgan fingerprint density at radius 3 is 2.61 bits per heavy atom. The molecule has 168 valence electrons. The van der Waals surface area contributed by atoms with Crippen molar-refractivity contribution in [2.45, 2.75) is 35.9 Å². The first-order valence-corrected chi connectivity index (χ1v) is 12.8. The van der Waals surface area contributed by atoms with Crippen molar-refractivity contribution in [3.8, 4) is 11.5 Å². The quantitative estimate of drug-likeness (QED) is 0.654. The molecule has 0 aliphatic carbocycles. The maximum atomic E-state index is 13.5. The monoisotopic (exact) mass is 464 g/mol. The lowest BCUT2D eigenvalue weighted by molar-refractivity contribution is -0.137. The zero-order valence-corrected chi connectivity index (χ0v) is 19.5. The van der Waals surface area contributed by atoms with Crippen LogP contribution in [0, 0.1) is 5.92 Å². The van der Waals surface area contributed by atoms with Gasteiger partial charge in [-0.2, -0.15) is 4.31 Å². The van der Waals surface area contributed by atoms with E-state index in [0.29, 0.717) is 30.1 Å². The molecule has 2 aliphatic rings. The molecular formula is C22H28N2O5S2. The number of piperidine rings is 1. The van der Waals surface area contributed by atoms with Gasteiger partial charge in [-0.25, -0.2) is 8.42 Å². The molecule has 3 heterocycles. The molecule has 7 nitrogen and oxygen atoms in total. The summed E-state index contributed by atoms with van der Waals surface area (Å²) in [7, 11) is -0.305. The highest BCUT2D eigenvalue weighted by molar-refractivity contribution is 7.91. The second-order valence-electron chi connectivity index (χ2n) is 7.93. The van der Waals surface area contributed by atoms with Crippen molar-refractivity contribution in [2.24, 2.45) is 5.92 Å². The number of hydrogen-bond donors (Lipinski definition) is 0. The van der Waals surface area contributed by atoms with Crippen LogP contribution in [0.5, 0.6) is 11.5 Å². The van der Waals surface area contributed by atoms with E-state index < -0.39 is 10.0 Å². The van der Waals surface area contributed by atoms with Crippen molar-refractivity contribution in [3.05, 3.63) is 41.3 Å². The number of rotatable bonds is 6. The number of hydrogen-bond acceptors (Lipinski definition) is 6. The molecule has 2 aromatic rings. The third kappa shape index (κ3) is 4.31. The Hall–Kier alpha value is -2.10. The fourth-order valence-electron chi connectivity index (χ4n) is 4.59. The normalized spacial score (nSPS) is 22.5. The number of amides is 1. The Morgan fingerprint density at radius 1 is 1.10 bits per heavy atom. The summed E-state index contributed by atoms with van der Waals surface area (Å²) < 4.78 is 38.7. The summed E-state index contributed by atoms with van der Waals surface area (Å²) in [6, 6.07) is 8.91. The number of thiophene rings is 1. The van der Waals surface area contributed by atoms with Gasteiger partial charge in [0.05, 0.1) is 26.2 Å². The van der Waals surface area contributed by atoms with Crippen molar-refractivity contribution >= 4 is 27.3 Å². The summed E-state index contributed by atoms with van der Waals surface area (Å²) in [6.07, 6.45) is 3.13. The lowest BCUT2D eigenvalue weighted by atomic mass is 9.96. The molecule has 2 saturated heterocycles. The van der Waals surface area contributed by atoms with Crippen LogP contribution >= 0.6 is 11.3 Å². The Balaban J connectivity index is 1.55. The van der Waals surface area contributed by atoms with E-state index in [1.165, 1.54) is 15.6 Å². The summed E-state index contributed by atoms with van der Waals surface area (Å²) in [4.78, 5) is 15.4. The molecule has 31 heavy (non-hydrogen) atoms. The highest BCUT2D eigenvalue weighted by Gasteiger charge is 2.39. The Bertz CT molecular complexity index is 1020. The zero-order valence-electron chi connectivity index (χ0n) is 17.8. The zero-order chi connectivity index (χ0) is 22.0. The van der Waals surface area contributed by atoms with Gasteiger partial charge in [-0.3, -0.25) is 4.79 Å². The van der Waals surface area contributed by atoms with Gasteiger partial charge >= 0.3 is 0 Å². The van der Waals surface area contributed by atoms with E-state index >= 15 is 0 Å². The smallest absolute Gasteiger partial charge is 0.252 e. The van der Waals surface area contributed by atoms with E-state index in [0.717, 1.165) is 29.9 Å². The van der Waals surface area contributed by atoms with Crippen LogP contribution in [0.1, 0.15) is 37.3 Å². The predicted molar refractivity (Wildman–Crippen MR) is 119 cm³/mol. The molecule has 0 saturated carbocycles. The van der Waals surface area contributed by atoms with Crippen LogP contribution in [0.15, 0.2) is 39.9 Å². The van der Waals surface area contributed by atoms with Gasteiger partial charge in [0.25, 0.3) is 10.0 Å². The van der Waals surface area contributed by atoms with Crippen molar-refractivity contribution in [1.29, 1.82) is 0 Å². The van der Waals surface area contributed by atoms with E-state index in [2.05, 4.69) is 0 Å². The number of carbonyl (C=O) groups is 1. The lowest BCUT2D eigenvalue weighted by Gasteiger charge is -2.35. The third-order valence-electron chi connectivity index (χ3n) is 6.15. The minimum absolute atomic E-state index is 0.0263. The number of methoxy groups -OCH3 is 2. The fourth-order valence-corrected chi connectivity index (χ4v) is 7.26. The summed E-state index contributed by atoms with van der Waals surface area (Å²) in [6.45, 7) is 1.35. The van der Waals surface area contributed by atoms with Crippen LogP contribution in [-0.2, 0) is 14.8 Å². The molecule has 2 fully saturated rings. The van der Waals surface area contributed by atoms with E-state index in [1.54, 1.807) is 31.7 Å². The molecule has 1 amide bonds. The van der Waals surface area contributed by atoms with Crippen molar-refractivity contribution < 1.29 is 22.7 Å². The van der Waals surface area contributed by atoms with Gasteiger partial charge in [-0.15, -0.1) is 11.3 Å². The van der Waals surface area contributed by atoms with Gasteiger partial charge < -0.3 is 14.4 Å². The largest absolute Gasteiger partial charge is 0.497 e. The minimum atomic E-state index is -3.55. The van der Waals surface area contributed by atoms with Crippen LogP contribution in [0.25, 0.3) is 0 Å². The Morgan fingerprint density at radius 2 is 1.90 bits per heavy atom. The van der Waals surface area contributed by atoms with Gasteiger partial charge in [0.15, 0.2) is 0 Å². The standard InChI is InChI=1S/C22H28N2O5S2/c1-28-17-9-10-20(29-2)18(14-17)19-7-4-12-24(19)22(25)16-6-3-11-23(15-16)31(26,27)21-8-5-13-30-21/h5,8-10,13-14,16,19H,3-4,6-7,11-12,15H2,1-2H3. The number of likely N-dealkylation sites (tertiary alicyclic amines) is 1. The van der Waals surface area contributed by atoms with Crippen molar-refractivity contribution in [3.63, 3.8) is 0 Å². The number of ether oxygens (including phenoxy) is 2. The molecule has 1 aromatic carbocycles. The molecule has 9 heteroatoms. The molecular weight excluding hydrogens is 436 g/mol. The average Bonchev–Trinajstić information content (AvgIpc) is 3.51. The van der Waals surface area contributed by atoms with Crippen LogP contribution in [0.4, 0.5) is 0 Å². The summed E-state index contributed by atoms with van der Waals surface area (Å²) in [5, 5.41) is 1.76. The molecule has 2 atom stereocenters. The van der Waals surface area contributed by atoms with Crippen LogP contribution in [-0.4, -0.2) is 57.4 Å². The second-order valence-corrected chi connectivity index (χ2v) is 11.0. The first-order chi connectivity index (χ1) is 15.0. The summed E-state index contributed by atoms with van der Waals surface area (Å²) in [5.74, 6) is 1.15. The van der Waals surface area contributed by atoms with Gasteiger partial charge in [-0.1, -0.05) is 6.07 Å². The molecule has 0 spiro atoms. The molecule has 2 unspecified atom stereocenters. The van der Waals surface area contributed by atoms with Gasteiger partial charge in [0, 0.05) is 25.2 Å². The molecule has 0 bridgehead atoms. The molecule has 0 radical (unpaired) electrons. The maximum Gasteiger partial charge on any atom is 0.252 e. The summed E-state index contributed by atoms with van der Waals surface area (Å²) in [5.41, 5.74) is 0.937. The van der Waals surface area contributed by atoms with E-state index in [9.17, 15) is 13.2 Å². The SMILES string of the molecule is COc1ccc(OC)c(C2CCCN2C(=O)C2CCCN(S(=O)(=O)c3cccs3)C2)c1. The minimum Gasteiger partial charge on any atom is -0.497 e. The number of carbonyl (C=O) groups excluding carboxylic acids is 1. The predicted octanol–water partition coefficient (Wildman–Crippen LogP) is 3.53. The van der Waals surface area contributed by atoms with Crippen LogP contribution in [0.3, 0.4) is 0 Å². The molecule has 0 N–H and O–H groups in total. The molecule has 2 aliphatic heterocycles. The van der Waals surface area contributed by atoms with Gasteiger partial charge in [-0.05, 0) is 55.3 Å². The molecule has 1 aromatic heterocycles. The Kier molecular flexibility index (Phi) is 6.55. The van der Waals surface area contributed by atoms with E-state index in [4.69, 9.17) is 9.47 Å². The number of nitrogens with zero attached hydrogens (tertiary/aromatic N) is 2. The first kappa shape index (κ1) is 22.1. The summed E-state index contributed by atoms with van der Waals surface area (Å²) >= 11 is 1.21. The highest BCUT2D eigenvalue weighted by Crippen LogP contribution is 2.40. The Labute approximate surface area is 187 Å². The first-order valence-electron chi connectivity index (χ1n) is 10.5. The average molecular weight is 465 g/mol.